The van der Waals surface area contributed by atoms with Gasteiger partial charge in [-0.3, -0.25) is 0 Å². The maximum atomic E-state index is 11.4. The van der Waals surface area contributed by atoms with Gasteiger partial charge in [0, 0.05) is 13.7 Å². The average Bonchev–Trinajstić information content (AvgIpc) is 2.15. The number of hydrogen-bond acceptors (Lipinski definition) is 4. The van der Waals surface area contributed by atoms with Gasteiger partial charge in [-0.2, -0.15) is 5.26 Å². The molecule has 0 saturated carbocycles. The van der Waals surface area contributed by atoms with E-state index >= 15 is 0 Å². The van der Waals surface area contributed by atoms with Gasteiger partial charge in [-0.25, -0.2) is 13.1 Å². The van der Waals surface area contributed by atoms with Gasteiger partial charge in [0.1, 0.15) is 0 Å². The zero-order valence-corrected chi connectivity index (χ0v) is 9.47. The lowest BCUT2D eigenvalue weighted by molar-refractivity contribution is 0.122. The molecule has 6 heteroatoms. The Morgan fingerprint density at radius 1 is 1.57 bits per heavy atom. The largest absolute Gasteiger partial charge is 0.380 e. The van der Waals surface area contributed by atoms with Crippen LogP contribution in [0.15, 0.2) is 0 Å². The summed E-state index contributed by atoms with van der Waals surface area (Å²) in [5, 5.41) is 7.60. The molecule has 0 saturated heterocycles. The summed E-state index contributed by atoms with van der Waals surface area (Å²) in [5.41, 5.74) is 0. The van der Waals surface area contributed by atoms with Crippen LogP contribution < -0.4 is 4.72 Å². The number of ether oxygens (including phenoxy) is 1. The maximum Gasteiger partial charge on any atom is 0.228 e. The smallest absolute Gasteiger partial charge is 0.228 e. The predicted octanol–water partition coefficient (Wildman–Crippen LogP) is 0.243. The second-order valence-electron chi connectivity index (χ2n) is 2.97. The minimum atomic E-state index is -3.52. The van der Waals surface area contributed by atoms with Gasteiger partial charge in [-0.15, -0.1) is 0 Å². The van der Waals surface area contributed by atoms with Gasteiger partial charge < -0.3 is 4.74 Å². The average molecular weight is 220 g/mol. The number of hydrogen-bond donors (Lipinski definition) is 1. The fourth-order valence-electron chi connectivity index (χ4n) is 0.798. The molecule has 0 aromatic rings. The second-order valence-corrected chi connectivity index (χ2v) is 4.91. The van der Waals surface area contributed by atoms with E-state index in [4.69, 9.17) is 10.00 Å². The Balaban J connectivity index is 4.29. The molecule has 0 aliphatic rings. The summed E-state index contributed by atoms with van der Waals surface area (Å²) in [6.45, 7) is 3.60. The van der Waals surface area contributed by atoms with Gasteiger partial charge in [0.25, 0.3) is 0 Å². The summed E-state index contributed by atoms with van der Waals surface area (Å²) in [6, 6.07) is 1.74. The van der Waals surface area contributed by atoms with E-state index in [1.165, 1.54) is 7.11 Å². The predicted molar refractivity (Wildman–Crippen MR) is 53.1 cm³/mol. The van der Waals surface area contributed by atoms with Crippen LogP contribution in [0.2, 0.25) is 0 Å². The van der Waals surface area contributed by atoms with E-state index in [1.807, 2.05) is 0 Å². The Kier molecular flexibility index (Phi) is 5.69. The van der Waals surface area contributed by atoms with Crippen LogP contribution in [0.4, 0.5) is 0 Å². The van der Waals surface area contributed by atoms with Crippen LogP contribution in [-0.4, -0.2) is 33.4 Å². The summed E-state index contributed by atoms with van der Waals surface area (Å²) in [7, 11) is -2.02. The number of sulfonamides is 1. The number of nitrogens with one attached hydrogen (secondary N) is 1. The van der Waals surface area contributed by atoms with Crippen molar-refractivity contribution in [3.05, 3.63) is 0 Å². The third-order valence-corrected chi connectivity index (χ3v) is 3.62. The molecular weight excluding hydrogens is 204 g/mol. The Morgan fingerprint density at radius 3 is 2.50 bits per heavy atom. The van der Waals surface area contributed by atoms with Gasteiger partial charge in [-0.1, -0.05) is 6.92 Å². The standard InChI is InChI=1S/C8H16N2O3S/c1-4-8(5-9)14(11,12)10-6-7(2)13-3/h7-8,10H,4,6H2,1-3H3. The SMILES string of the molecule is CCC(C#N)S(=O)(=O)NCC(C)OC. The number of rotatable bonds is 6. The van der Waals surface area contributed by atoms with Gasteiger partial charge in [0.05, 0.1) is 12.2 Å². The molecule has 0 rings (SSSR count). The van der Waals surface area contributed by atoms with Crippen molar-refractivity contribution in [2.24, 2.45) is 0 Å². The Bertz CT molecular complexity index is 294. The van der Waals surface area contributed by atoms with Crippen LogP contribution in [0.25, 0.3) is 0 Å². The van der Waals surface area contributed by atoms with Crippen molar-refractivity contribution in [3.8, 4) is 6.07 Å². The fourth-order valence-corrected chi connectivity index (χ4v) is 2.04. The van der Waals surface area contributed by atoms with E-state index in [-0.39, 0.29) is 19.1 Å². The molecular formula is C8H16N2O3S. The topological polar surface area (TPSA) is 79.2 Å². The summed E-state index contributed by atoms with van der Waals surface area (Å²) >= 11 is 0. The van der Waals surface area contributed by atoms with E-state index < -0.39 is 15.3 Å². The molecule has 0 spiro atoms. The summed E-state index contributed by atoms with van der Waals surface area (Å²) in [4.78, 5) is 0. The summed E-state index contributed by atoms with van der Waals surface area (Å²) < 4.78 is 30.1. The third kappa shape index (κ3) is 4.05. The van der Waals surface area contributed by atoms with Crippen LogP contribution in [0.5, 0.6) is 0 Å². The van der Waals surface area contributed by atoms with E-state index in [1.54, 1.807) is 19.9 Å². The van der Waals surface area contributed by atoms with E-state index in [0.717, 1.165) is 0 Å². The highest BCUT2D eigenvalue weighted by atomic mass is 32.2. The van der Waals surface area contributed by atoms with E-state index in [0.29, 0.717) is 0 Å². The van der Waals surface area contributed by atoms with E-state index in [2.05, 4.69) is 4.72 Å². The van der Waals surface area contributed by atoms with Crippen LogP contribution in [0, 0.1) is 11.3 Å². The molecule has 14 heavy (non-hydrogen) atoms. The molecule has 1 N–H and O–H groups in total. The molecule has 2 atom stereocenters. The Labute approximate surface area is 85.1 Å². The van der Waals surface area contributed by atoms with Gasteiger partial charge in [0.2, 0.25) is 10.0 Å². The van der Waals surface area contributed by atoms with Crippen LogP contribution in [0.3, 0.4) is 0 Å². The van der Waals surface area contributed by atoms with Crippen molar-refractivity contribution in [3.63, 3.8) is 0 Å². The Morgan fingerprint density at radius 2 is 2.14 bits per heavy atom. The number of methoxy groups -OCH3 is 1. The van der Waals surface area contributed by atoms with Crippen molar-refractivity contribution >= 4 is 10.0 Å². The molecule has 0 fully saturated rings. The summed E-state index contributed by atoms with van der Waals surface area (Å²) in [6.07, 6.45) is 0.0914. The van der Waals surface area contributed by atoms with Crippen LogP contribution in [0.1, 0.15) is 20.3 Å². The van der Waals surface area contributed by atoms with Crippen LogP contribution >= 0.6 is 0 Å². The lowest BCUT2D eigenvalue weighted by Gasteiger charge is -2.13. The maximum absolute atomic E-state index is 11.4. The van der Waals surface area contributed by atoms with Crippen molar-refractivity contribution < 1.29 is 13.2 Å². The van der Waals surface area contributed by atoms with Gasteiger partial charge in [-0.05, 0) is 13.3 Å². The van der Waals surface area contributed by atoms with E-state index in [9.17, 15) is 8.42 Å². The number of nitriles is 1. The molecule has 0 radical (unpaired) electrons. The monoisotopic (exact) mass is 220 g/mol. The first-order chi connectivity index (χ1) is 6.47. The van der Waals surface area contributed by atoms with Crippen LogP contribution in [-0.2, 0) is 14.8 Å². The highest BCUT2D eigenvalue weighted by Crippen LogP contribution is 2.02. The molecule has 0 aromatic carbocycles. The first-order valence-electron chi connectivity index (χ1n) is 4.38. The lowest BCUT2D eigenvalue weighted by Crippen LogP contribution is -2.37. The molecule has 0 amide bonds. The molecule has 0 aliphatic heterocycles. The minimum Gasteiger partial charge on any atom is -0.380 e. The minimum absolute atomic E-state index is 0.191. The first kappa shape index (κ1) is 13.4. The van der Waals surface area contributed by atoms with Crippen molar-refractivity contribution in [1.82, 2.24) is 4.72 Å². The van der Waals surface area contributed by atoms with Crippen molar-refractivity contribution in [2.75, 3.05) is 13.7 Å². The molecule has 0 heterocycles. The molecule has 0 aromatic heterocycles. The molecule has 82 valence electrons. The zero-order chi connectivity index (χ0) is 11.2. The van der Waals surface area contributed by atoms with Crippen molar-refractivity contribution in [2.45, 2.75) is 31.6 Å². The van der Waals surface area contributed by atoms with Gasteiger partial charge >= 0.3 is 0 Å². The second kappa shape index (κ2) is 5.96. The highest BCUT2D eigenvalue weighted by molar-refractivity contribution is 7.90. The summed E-state index contributed by atoms with van der Waals surface area (Å²) in [5.74, 6) is 0. The van der Waals surface area contributed by atoms with Gasteiger partial charge in [0.15, 0.2) is 5.25 Å². The van der Waals surface area contributed by atoms with Crippen molar-refractivity contribution in [1.29, 1.82) is 5.26 Å². The lowest BCUT2D eigenvalue weighted by atomic mass is 10.4. The fraction of sp³-hybridized carbons (Fsp3) is 0.875. The molecule has 0 aliphatic carbocycles. The number of nitrogens with zero attached hydrogens (tertiary/aromatic N) is 1. The molecule has 2 unspecified atom stereocenters. The quantitative estimate of drug-likeness (QED) is 0.695. The molecule has 5 nitrogen and oxygen atoms in total. The third-order valence-electron chi connectivity index (χ3n) is 1.86. The zero-order valence-electron chi connectivity index (χ0n) is 8.65. The Hall–Kier alpha value is -0.640. The first-order valence-corrected chi connectivity index (χ1v) is 5.93. The molecule has 0 bridgehead atoms. The highest BCUT2D eigenvalue weighted by Gasteiger charge is 2.23. The normalized spacial score (nSPS) is 15.9.